The van der Waals surface area contributed by atoms with Crippen LogP contribution >= 0.6 is 39.1 Å². The lowest BCUT2D eigenvalue weighted by molar-refractivity contribution is -0.121. The van der Waals surface area contributed by atoms with E-state index in [9.17, 15) is 4.79 Å². The zero-order valence-corrected chi connectivity index (χ0v) is 17.7. The minimum Gasteiger partial charge on any atom is -0.326 e. The summed E-state index contributed by atoms with van der Waals surface area (Å²) >= 11 is 15.5. The Morgan fingerprint density at radius 1 is 1.15 bits per heavy atom. The van der Waals surface area contributed by atoms with E-state index in [4.69, 9.17) is 23.2 Å². The van der Waals surface area contributed by atoms with Crippen LogP contribution in [-0.4, -0.2) is 23.9 Å². The summed E-state index contributed by atoms with van der Waals surface area (Å²) in [6.45, 7) is 4.65. The number of benzene rings is 2. The quantitative estimate of drug-likeness (QED) is 0.620. The Morgan fingerprint density at radius 3 is 2.54 bits per heavy atom. The van der Waals surface area contributed by atoms with Crippen molar-refractivity contribution in [1.82, 2.24) is 4.90 Å². The van der Waals surface area contributed by atoms with Crippen molar-refractivity contribution in [2.24, 2.45) is 5.92 Å². The largest absolute Gasteiger partial charge is 0.326 e. The number of aryl methyl sites for hydroxylation is 1. The molecular formula is C20H21BrCl2N2O. The number of nitrogens with one attached hydrogen (secondary N) is 1. The van der Waals surface area contributed by atoms with Crippen LogP contribution in [0.25, 0.3) is 0 Å². The summed E-state index contributed by atoms with van der Waals surface area (Å²) < 4.78 is 1.05. The van der Waals surface area contributed by atoms with Gasteiger partial charge in [0.25, 0.3) is 0 Å². The molecule has 2 aromatic carbocycles. The second kappa shape index (κ2) is 8.75. The van der Waals surface area contributed by atoms with Crippen molar-refractivity contribution in [1.29, 1.82) is 0 Å². The highest BCUT2D eigenvalue weighted by Crippen LogP contribution is 2.26. The van der Waals surface area contributed by atoms with Gasteiger partial charge < -0.3 is 5.32 Å². The van der Waals surface area contributed by atoms with E-state index in [-0.39, 0.29) is 11.8 Å². The van der Waals surface area contributed by atoms with Gasteiger partial charge in [-0.3, -0.25) is 9.69 Å². The molecule has 3 rings (SSSR count). The van der Waals surface area contributed by atoms with Crippen LogP contribution in [0.2, 0.25) is 10.0 Å². The number of likely N-dealkylation sites (tertiary alicyclic amines) is 1. The standard InChI is InChI=1S/C20H21BrCl2N2O/c1-13-10-16(3-4-17(13)21)24-20(26)15-6-8-25(9-7-15)12-14-2-5-18(22)19(23)11-14/h2-5,10-11,15H,6-9,12H2,1H3,(H,24,26). The van der Waals surface area contributed by atoms with Crippen molar-refractivity contribution < 1.29 is 4.79 Å². The van der Waals surface area contributed by atoms with Crippen molar-refractivity contribution in [2.75, 3.05) is 18.4 Å². The molecule has 0 radical (unpaired) electrons. The van der Waals surface area contributed by atoms with Gasteiger partial charge in [0.05, 0.1) is 10.0 Å². The first-order valence-corrected chi connectivity index (χ1v) is 10.2. The van der Waals surface area contributed by atoms with Gasteiger partial charge in [0, 0.05) is 22.6 Å². The molecule has 3 nitrogen and oxygen atoms in total. The number of piperidine rings is 1. The zero-order chi connectivity index (χ0) is 18.7. The highest BCUT2D eigenvalue weighted by molar-refractivity contribution is 9.10. The van der Waals surface area contributed by atoms with Crippen molar-refractivity contribution in [2.45, 2.75) is 26.3 Å². The number of carbonyl (C=O) groups excluding carboxylic acids is 1. The Kier molecular flexibility index (Phi) is 6.62. The first-order valence-electron chi connectivity index (χ1n) is 8.65. The fourth-order valence-corrected chi connectivity index (χ4v) is 3.78. The molecule has 138 valence electrons. The summed E-state index contributed by atoms with van der Waals surface area (Å²) in [4.78, 5) is 14.9. The van der Waals surface area contributed by atoms with Crippen molar-refractivity contribution in [3.63, 3.8) is 0 Å². The van der Waals surface area contributed by atoms with Crippen LogP contribution in [0.1, 0.15) is 24.0 Å². The molecule has 0 aliphatic carbocycles. The monoisotopic (exact) mass is 454 g/mol. The lowest BCUT2D eigenvalue weighted by Gasteiger charge is -2.31. The molecule has 26 heavy (non-hydrogen) atoms. The summed E-state index contributed by atoms with van der Waals surface area (Å²) in [5.41, 5.74) is 3.11. The number of nitrogens with zero attached hydrogens (tertiary/aromatic N) is 1. The lowest BCUT2D eigenvalue weighted by atomic mass is 9.95. The molecule has 0 aromatic heterocycles. The van der Waals surface area contributed by atoms with Crippen molar-refractivity contribution in [3.8, 4) is 0 Å². The molecule has 0 atom stereocenters. The van der Waals surface area contributed by atoms with E-state index in [1.807, 2.05) is 43.3 Å². The number of hydrogen-bond donors (Lipinski definition) is 1. The Morgan fingerprint density at radius 2 is 1.88 bits per heavy atom. The van der Waals surface area contributed by atoms with Gasteiger partial charge in [-0.2, -0.15) is 0 Å². The molecule has 0 saturated carbocycles. The fraction of sp³-hybridized carbons (Fsp3) is 0.350. The Balaban J connectivity index is 1.51. The van der Waals surface area contributed by atoms with Crippen LogP contribution < -0.4 is 5.32 Å². The van der Waals surface area contributed by atoms with Crippen LogP contribution in [0.15, 0.2) is 40.9 Å². The second-order valence-corrected chi connectivity index (χ2v) is 8.42. The van der Waals surface area contributed by atoms with Crippen molar-refractivity contribution in [3.05, 3.63) is 62.0 Å². The maximum Gasteiger partial charge on any atom is 0.227 e. The Bertz CT molecular complexity index is 804. The average molecular weight is 456 g/mol. The predicted molar refractivity (Wildman–Crippen MR) is 112 cm³/mol. The third-order valence-electron chi connectivity index (χ3n) is 4.77. The van der Waals surface area contributed by atoms with Crippen LogP contribution in [0, 0.1) is 12.8 Å². The molecular weight excluding hydrogens is 435 g/mol. The highest BCUT2D eigenvalue weighted by Gasteiger charge is 2.25. The molecule has 1 aliphatic heterocycles. The molecule has 1 aliphatic rings. The van der Waals surface area contributed by atoms with Gasteiger partial charge in [-0.1, -0.05) is 45.2 Å². The Hall–Kier alpha value is -1.07. The van der Waals surface area contributed by atoms with E-state index < -0.39 is 0 Å². The summed E-state index contributed by atoms with van der Waals surface area (Å²) in [6.07, 6.45) is 1.73. The molecule has 0 spiro atoms. The third kappa shape index (κ3) is 5.01. The summed E-state index contributed by atoms with van der Waals surface area (Å²) in [5.74, 6) is 0.171. The first kappa shape index (κ1) is 19.7. The minimum atomic E-state index is 0.0593. The minimum absolute atomic E-state index is 0.0593. The number of carbonyl (C=O) groups is 1. The van der Waals surface area contributed by atoms with E-state index in [0.717, 1.165) is 53.8 Å². The number of halogens is 3. The van der Waals surface area contributed by atoms with Gasteiger partial charge in [-0.15, -0.1) is 0 Å². The van der Waals surface area contributed by atoms with Gasteiger partial charge >= 0.3 is 0 Å². The van der Waals surface area contributed by atoms with E-state index >= 15 is 0 Å². The van der Waals surface area contributed by atoms with E-state index in [2.05, 4.69) is 26.1 Å². The average Bonchev–Trinajstić information content (AvgIpc) is 2.62. The SMILES string of the molecule is Cc1cc(NC(=O)C2CCN(Cc3ccc(Cl)c(Cl)c3)CC2)ccc1Br. The topological polar surface area (TPSA) is 32.3 Å². The lowest BCUT2D eigenvalue weighted by Crippen LogP contribution is -2.37. The normalized spacial score (nSPS) is 15.8. The zero-order valence-electron chi connectivity index (χ0n) is 14.6. The number of anilines is 1. The number of hydrogen-bond acceptors (Lipinski definition) is 2. The van der Waals surface area contributed by atoms with Gasteiger partial charge in [0.1, 0.15) is 0 Å². The highest BCUT2D eigenvalue weighted by atomic mass is 79.9. The van der Waals surface area contributed by atoms with Gasteiger partial charge in [0.2, 0.25) is 5.91 Å². The van der Waals surface area contributed by atoms with Crippen LogP contribution in [0.4, 0.5) is 5.69 Å². The maximum atomic E-state index is 12.5. The van der Waals surface area contributed by atoms with Crippen LogP contribution in [0.3, 0.4) is 0 Å². The molecule has 2 aromatic rings. The van der Waals surface area contributed by atoms with E-state index in [0.29, 0.717) is 10.0 Å². The smallest absolute Gasteiger partial charge is 0.227 e. The first-order chi connectivity index (χ1) is 12.4. The van der Waals surface area contributed by atoms with E-state index in [1.165, 1.54) is 0 Å². The molecule has 0 unspecified atom stereocenters. The molecule has 1 heterocycles. The van der Waals surface area contributed by atoms with Crippen molar-refractivity contribution >= 4 is 50.7 Å². The van der Waals surface area contributed by atoms with Gasteiger partial charge in [-0.05, 0) is 74.3 Å². The fourth-order valence-electron chi connectivity index (χ4n) is 3.22. The summed E-state index contributed by atoms with van der Waals surface area (Å²) in [5, 5.41) is 4.21. The molecule has 0 bridgehead atoms. The third-order valence-corrected chi connectivity index (χ3v) is 6.40. The molecule has 1 saturated heterocycles. The number of amides is 1. The molecule has 1 fully saturated rings. The van der Waals surface area contributed by atoms with Gasteiger partial charge in [0.15, 0.2) is 0 Å². The molecule has 6 heteroatoms. The van der Waals surface area contributed by atoms with Gasteiger partial charge in [-0.25, -0.2) is 0 Å². The van der Waals surface area contributed by atoms with Crippen LogP contribution in [-0.2, 0) is 11.3 Å². The second-order valence-electron chi connectivity index (χ2n) is 6.75. The summed E-state index contributed by atoms with van der Waals surface area (Å²) in [6, 6.07) is 11.6. The Labute approximate surface area is 172 Å². The summed E-state index contributed by atoms with van der Waals surface area (Å²) in [7, 11) is 0. The van der Waals surface area contributed by atoms with Crippen LogP contribution in [0.5, 0.6) is 0 Å². The predicted octanol–water partition coefficient (Wildman–Crippen LogP) is 5.92. The molecule has 1 N–H and O–H groups in total. The number of rotatable bonds is 4. The van der Waals surface area contributed by atoms with E-state index in [1.54, 1.807) is 0 Å². The molecule has 1 amide bonds. The maximum absolute atomic E-state index is 12.5.